The zero-order valence-corrected chi connectivity index (χ0v) is 13.8. The maximum atomic E-state index is 13.0. The van der Waals surface area contributed by atoms with Crippen molar-refractivity contribution in [3.8, 4) is 0 Å². The van der Waals surface area contributed by atoms with Crippen molar-refractivity contribution in [2.75, 3.05) is 0 Å². The van der Waals surface area contributed by atoms with E-state index in [1.54, 1.807) is 12.1 Å². The fourth-order valence-corrected chi connectivity index (χ4v) is 2.50. The fourth-order valence-electron chi connectivity index (χ4n) is 2.50. The molecule has 2 N–H and O–H groups in total. The lowest BCUT2D eigenvalue weighted by Gasteiger charge is -2.20. The maximum Gasteiger partial charge on any atom is 0.222 e. The van der Waals surface area contributed by atoms with Crippen LogP contribution in [-0.2, 0) is 9.59 Å². The molecule has 0 saturated heterocycles. The highest BCUT2D eigenvalue weighted by Crippen LogP contribution is 2.18. The molecule has 0 bridgehead atoms. The minimum Gasteiger partial charge on any atom is -0.350 e. The van der Waals surface area contributed by atoms with Crippen molar-refractivity contribution < 1.29 is 14.0 Å². The van der Waals surface area contributed by atoms with Crippen LogP contribution in [0.25, 0.3) is 0 Å². The van der Waals surface area contributed by atoms with Crippen LogP contribution in [0, 0.1) is 5.82 Å². The van der Waals surface area contributed by atoms with E-state index in [-0.39, 0.29) is 36.1 Å². The highest BCUT2D eigenvalue weighted by Gasteiger charge is 2.18. The van der Waals surface area contributed by atoms with Gasteiger partial charge in [-0.3, -0.25) is 9.59 Å². The summed E-state index contributed by atoms with van der Waals surface area (Å²) in [5.41, 5.74) is 1.69. The minimum absolute atomic E-state index is 0.134. The molecule has 126 valence electrons. The highest BCUT2D eigenvalue weighted by atomic mass is 19.1. The van der Waals surface area contributed by atoms with E-state index in [0.29, 0.717) is 0 Å². The van der Waals surface area contributed by atoms with E-state index in [9.17, 15) is 14.0 Å². The molecule has 0 aliphatic rings. The molecule has 24 heavy (non-hydrogen) atoms. The Labute approximate surface area is 141 Å². The summed E-state index contributed by atoms with van der Waals surface area (Å²) in [6.45, 7) is 3.26. The number of carbonyl (C=O) groups excluding carboxylic acids is 2. The third-order valence-corrected chi connectivity index (χ3v) is 3.72. The van der Waals surface area contributed by atoms with E-state index in [1.807, 2.05) is 37.3 Å². The van der Waals surface area contributed by atoms with Crippen LogP contribution in [0.5, 0.6) is 0 Å². The smallest absolute Gasteiger partial charge is 0.222 e. The molecular formula is C19H21FN2O2. The minimum atomic E-state index is -0.385. The molecule has 0 saturated carbocycles. The predicted octanol–water partition coefficient (Wildman–Crippen LogP) is 3.27. The Balaban J connectivity index is 2.02. The molecule has 5 heteroatoms. The van der Waals surface area contributed by atoms with E-state index >= 15 is 0 Å². The summed E-state index contributed by atoms with van der Waals surface area (Å²) in [4.78, 5) is 23.7. The van der Waals surface area contributed by atoms with Crippen molar-refractivity contribution in [2.24, 2.45) is 0 Å². The molecule has 0 spiro atoms. The van der Waals surface area contributed by atoms with Gasteiger partial charge in [-0.2, -0.15) is 0 Å². The van der Waals surface area contributed by atoms with Crippen LogP contribution in [0.15, 0.2) is 54.6 Å². The molecular weight excluding hydrogens is 307 g/mol. The molecule has 0 heterocycles. The van der Waals surface area contributed by atoms with Gasteiger partial charge in [-0.1, -0.05) is 42.5 Å². The number of halogens is 1. The Bertz CT molecular complexity index is 686. The summed E-state index contributed by atoms with van der Waals surface area (Å²) in [7, 11) is 0. The van der Waals surface area contributed by atoms with E-state index < -0.39 is 0 Å². The Hall–Kier alpha value is -2.69. The summed E-state index contributed by atoms with van der Waals surface area (Å²) < 4.78 is 13.0. The van der Waals surface area contributed by atoms with Gasteiger partial charge in [-0.15, -0.1) is 0 Å². The van der Waals surface area contributed by atoms with Crippen LogP contribution >= 0.6 is 0 Å². The van der Waals surface area contributed by atoms with E-state index in [2.05, 4.69) is 10.6 Å². The van der Waals surface area contributed by atoms with E-state index in [0.717, 1.165) is 11.1 Å². The van der Waals surface area contributed by atoms with E-state index in [4.69, 9.17) is 0 Å². The molecule has 2 aromatic carbocycles. The molecule has 0 aliphatic carbocycles. The van der Waals surface area contributed by atoms with Gasteiger partial charge in [0.05, 0.1) is 18.5 Å². The van der Waals surface area contributed by atoms with Gasteiger partial charge < -0.3 is 10.6 Å². The lowest BCUT2D eigenvalue weighted by molar-refractivity contribution is -0.123. The monoisotopic (exact) mass is 328 g/mol. The number of hydrogen-bond donors (Lipinski definition) is 2. The summed E-state index contributed by atoms with van der Waals surface area (Å²) in [6, 6.07) is 14.7. The Morgan fingerprint density at radius 2 is 1.58 bits per heavy atom. The van der Waals surface area contributed by atoms with E-state index in [1.165, 1.54) is 19.1 Å². The predicted molar refractivity (Wildman–Crippen MR) is 90.6 cm³/mol. The second kappa shape index (κ2) is 8.24. The normalized spacial score (nSPS) is 13.0. The third-order valence-electron chi connectivity index (χ3n) is 3.72. The molecule has 0 aliphatic heterocycles. The Morgan fingerprint density at radius 1 is 0.958 bits per heavy atom. The lowest BCUT2D eigenvalue weighted by Crippen LogP contribution is -2.33. The van der Waals surface area contributed by atoms with Gasteiger partial charge in [0.15, 0.2) is 0 Å². The van der Waals surface area contributed by atoms with Gasteiger partial charge in [-0.05, 0) is 30.2 Å². The second-order valence-electron chi connectivity index (χ2n) is 5.71. The summed E-state index contributed by atoms with van der Waals surface area (Å²) in [5.74, 6) is -0.690. The molecule has 0 unspecified atom stereocenters. The molecule has 0 radical (unpaired) electrons. The first-order valence-corrected chi connectivity index (χ1v) is 7.82. The Morgan fingerprint density at radius 3 is 2.17 bits per heavy atom. The van der Waals surface area contributed by atoms with Crippen LogP contribution in [-0.4, -0.2) is 11.8 Å². The first-order valence-electron chi connectivity index (χ1n) is 7.82. The topological polar surface area (TPSA) is 58.2 Å². The summed E-state index contributed by atoms with van der Waals surface area (Å²) >= 11 is 0. The van der Waals surface area contributed by atoms with Gasteiger partial charge in [0.2, 0.25) is 11.8 Å². The zero-order chi connectivity index (χ0) is 17.5. The largest absolute Gasteiger partial charge is 0.350 e. The van der Waals surface area contributed by atoms with Crippen LogP contribution in [0.2, 0.25) is 0 Å². The van der Waals surface area contributed by atoms with Crippen molar-refractivity contribution in [1.82, 2.24) is 10.6 Å². The number of nitrogens with one attached hydrogen (secondary N) is 2. The third kappa shape index (κ3) is 5.19. The number of hydrogen-bond acceptors (Lipinski definition) is 2. The quantitative estimate of drug-likeness (QED) is 0.855. The average molecular weight is 328 g/mol. The molecule has 0 aromatic heterocycles. The average Bonchev–Trinajstić information content (AvgIpc) is 2.55. The van der Waals surface area contributed by atoms with Crippen molar-refractivity contribution in [2.45, 2.75) is 32.4 Å². The molecule has 0 fully saturated rings. The van der Waals surface area contributed by atoms with Crippen LogP contribution in [0.1, 0.15) is 43.5 Å². The van der Waals surface area contributed by atoms with Crippen LogP contribution in [0.4, 0.5) is 4.39 Å². The van der Waals surface area contributed by atoms with Crippen molar-refractivity contribution in [1.29, 1.82) is 0 Å². The molecule has 2 amide bonds. The highest BCUT2D eigenvalue weighted by molar-refractivity contribution is 5.79. The lowest BCUT2D eigenvalue weighted by atomic mass is 10.0. The van der Waals surface area contributed by atoms with Gasteiger partial charge in [-0.25, -0.2) is 4.39 Å². The van der Waals surface area contributed by atoms with Crippen LogP contribution in [0.3, 0.4) is 0 Å². The van der Waals surface area contributed by atoms with Gasteiger partial charge in [0.1, 0.15) is 5.82 Å². The second-order valence-corrected chi connectivity index (χ2v) is 5.71. The fraction of sp³-hybridized carbons (Fsp3) is 0.263. The molecule has 4 nitrogen and oxygen atoms in total. The molecule has 2 atom stereocenters. The molecule has 2 rings (SSSR count). The SMILES string of the molecule is CC(=O)N[C@@H](CC(=O)N[C@@H](C)c1ccc(F)cc1)c1ccccc1. The van der Waals surface area contributed by atoms with Crippen molar-refractivity contribution in [3.05, 3.63) is 71.5 Å². The van der Waals surface area contributed by atoms with Gasteiger partial charge in [0, 0.05) is 6.92 Å². The number of carbonyl (C=O) groups is 2. The zero-order valence-electron chi connectivity index (χ0n) is 13.8. The van der Waals surface area contributed by atoms with Crippen molar-refractivity contribution in [3.63, 3.8) is 0 Å². The first-order chi connectivity index (χ1) is 11.5. The standard InChI is InChI=1S/C19H21FN2O2/c1-13(15-8-10-17(20)11-9-15)21-19(24)12-18(22-14(2)23)16-6-4-3-5-7-16/h3-11,13,18H,12H2,1-2H3,(H,21,24)(H,22,23)/t13-,18-/m0/s1. The molecule has 2 aromatic rings. The Kier molecular flexibility index (Phi) is 6.07. The number of rotatable bonds is 6. The van der Waals surface area contributed by atoms with Gasteiger partial charge >= 0.3 is 0 Å². The number of amides is 2. The van der Waals surface area contributed by atoms with Crippen LogP contribution < -0.4 is 10.6 Å². The number of benzene rings is 2. The van der Waals surface area contributed by atoms with Gasteiger partial charge in [0.25, 0.3) is 0 Å². The maximum absolute atomic E-state index is 13.0. The van der Waals surface area contributed by atoms with Crippen molar-refractivity contribution >= 4 is 11.8 Å². The summed E-state index contributed by atoms with van der Waals surface area (Å²) in [6.07, 6.45) is 0.134. The first kappa shape index (κ1) is 17.7. The summed E-state index contributed by atoms with van der Waals surface area (Å²) in [5, 5.41) is 5.67.